The minimum atomic E-state index is -3.56. The van der Waals surface area contributed by atoms with E-state index < -0.39 is 9.24 Å². The third kappa shape index (κ3) is 5.80. The molecule has 0 aromatic rings. The maximum absolute atomic E-state index is 10.5. The topological polar surface area (TPSA) is 46.2 Å². The molecule has 74 valence electrons. The lowest BCUT2D eigenvalue weighted by Crippen LogP contribution is -2.31. The van der Waals surface area contributed by atoms with Crippen molar-refractivity contribution in [3.05, 3.63) is 0 Å². The van der Waals surface area contributed by atoms with E-state index in [2.05, 4.69) is 25.5 Å². The third-order valence-corrected chi connectivity index (χ3v) is 2.88. The van der Waals surface area contributed by atoms with Crippen molar-refractivity contribution >= 4 is 19.9 Å². The van der Waals surface area contributed by atoms with E-state index in [1.165, 1.54) is 0 Å². The molecule has 0 bridgehead atoms. The average molecular weight is 214 g/mol. The number of halogens is 1. The zero-order valence-corrected chi connectivity index (χ0v) is 9.46. The molecule has 3 nitrogen and oxygen atoms in total. The fourth-order valence-corrected chi connectivity index (χ4v) is 1.17. The minimum absolute atomic E-state index is 0.0918. The monoisotopic (exact) mass is 213 g/mol. The summed E-state index contributed by atoms with van der Waals surface area (Å²) in [6.07, 6.45) is 0. The fourth-order valence-electron chi connectivity index (χ4n) is 0.531. The first kappa shape index (κ1) is 12.2. The van der Waals surface area contributed by atoms with Crippen molar-refractivity contribution in [2.24, 2.45) is 11.3 Å². The Hall–Kier alpha value is 0.200. The molecule has 0 rings (SSSR count). The molecule has 0 fully saturated rings. The van der Waals surface area contributed by atoms with Crippen LogP contribution in [0.15, 0.2) is 0 Å². The second-order valence-electron chi connectivity index (χ2n) is 4.05. The zero-order chi connectivity index (χ0) is 9.99. The Bertz CT molecular complexity index is 230. The highest BCUT2D eigenvalue weighted by atomic mass is 35.7. The lowest BCUT2D eigenvalue weighted by atomic mass is 9.82. The molecule has 0 aliphatic rings. The molecule has 0 aromatic heterocycles. The highest BCUT2D eigenvalue weighted by Crippen LogP contribution is 2.24. The summed E-state index contributed by atoms with van der Waals surface area (Å²) in [5.74, 6) is 0.256. The van der Waals surface area contributed by atoms with E-state index in [1.54, 1.807) is 0 Å². The molecular formula is C7H16ClNO2S. The van der Waals surface area contributed by atoms with E-state index in [1.807, 2.05) is 6.92 Å². The Kier molecular flexibility index (Phi) is 4.00. The van der Waals surface area contributed by atoms with Gasteiger partial charge in [-0.3, -0.25) is 0 Å². The first-order valence-electron chi connectivity index (χ1n) is 3.82. The smallest absolute Gasteiger partial charge is 0.202 e. The molecule has 0 amide bonds. The van der Waals surface area contributed by atoms with Crippen molar-refractivity contribution in [2.45, 2.75) is 27.7 Å². The van der Waals surface area contributed by atoms with Crippen LogP contribution in [-0.4, -0.2) is 15.0 Å². The molecule has 1 unspecified atom stereocenters. The SMILES string of the molecule is CC(CNS(=O)(=O)Cl)C(C)(C)C. The number of rotatable bonds is 3. The van der Waals surface area contributed by atoms with Gasteiger partial charge in [-0.25, -0.2) is 4.72 Å². The molecule has 0 radical (unpaired) electrons. The van der Waals surface area contributed by atoms with Crippen LogP contribution >= 0.6 is 10.7 Å². The van der Waals surface area contributed by atoms with Gasteiger partial charge in [-0.2, -0.15) is 8.42 Å². The summed E-state index contributed by atoms with van der Waals surface area (Å²) >= 11 is 0. The second kappa shape index (κ2) is 3.94. The van der Waals surface area contributed by atoms with Gasteiger partial charge in [0.1, 0.15) is 0 Å². The minimum Gasteiger partial charge on any atom is -0.202 e. The number of hydrogen-bond acceptors (Lipinski definition) is 2. The molecule has 0 heterocycles. The van der Waals surface area contributed by atoms with E-state index >= 15 is 0 Å². The van der Waals surface area contributed by atoms with Crippen molar-refractivity contribution in [2.75, 3.05) is 6.54 Å². The van der Waals surface area contributed by atoms with Crippen molar-refractivity contribution in [1.29, 1.82) is 0 Å². The summed E-state index contributed by atoms with van der Waals surface area (Å²) in [4.78, 5) is 0. The van der Waals surface area contributed by atoms with E-state index in [9.17, 15) is 8.42 Å². The van der Waals surface area contributed by atoms with E-state index in [4.69, 9.17) is 10.7 Å². The summed E-state index contributed by atoms with van der Waals surface area (Å²) in [5.41, 5.74) is 0.0918. The molecule has 0 spiro atoms. The third-order valence-electron chi connectivity index (χ3n) is 2.04. The molecule has 5 heteroatoms. The molecule has 1 N–H and O–H groups in total. The summed E-state index contributed by atoms with van der Waals surface area (Å²) < 4.78 is 23.3. The maximum Gasteiger partial charge on any atom is 0.297 e. The molecule has 1 atom stereocenters. The lowest BCUT2D eigenvalue weighted by Gasteiger charge is -2.26. The Morgan fingerprint density at radius 3 is 2.08 bits per heavy atom. The predicted octanol–water partition coefficient (Wildman–Crippen LogP) is 1.74. The Balaban J connectivity index is 3.97. The van der Waals surface area contributed by atoms with Gasteiger partial charge < -0.3 is 0 Å². The van der Waals surface area contributed by atoms with Crippen LogP contribution in [0, 0.1) is 11.3 Å². The summed E-state index contributed by atoms with van der Waals surface area (Å²) in [6, 6.07) is 0. The standard InChI is InChI=1S/C7H16ClNO2S/c1-6(7(2,3)4)5-9-12(8,10)11/h6,9H,5H2,1-4H3. The summed E-state index contributed by atoms with van der Waals surface area (Å²) in [5, 5.41) is 0. The van der Waals surface area contributed by atoms with Crippen molar-refractivity contribution < 1.29 is 8.42 Å². The molecule has 0 aliphatic heterocycles. The highest BCUT2D eigenvalue weighted by molar-refractivity contribution is 8.12. The largest absolute Gasteiger partial charge is 0.297 e. The average Bonchev–Trinajstić information content (AvgIpc) is 1.78. The van der Waals surface area contributed by atoms with Gasteiger partial charge in [0.2, 0.25) is 0 Å². The lowest BCUT2D eigenvalue weighted by molar-refractivity contribution is 0.263. The van der Waals surface area contributed by atoms with Crippen LogP contribution in [0.2, 0.25) is 0 Å². The van der Waals surface area contributed by atoms with Crippen LogP contribution < -0.4 is 4.72 Å². The van der Waals surface area contributed by atoms with Crippen LogP contribution in [0.4, 0.5) is 0 Å². The summed E-state index contributed by atoms with van der Waals surface area (Å²) in [7, 11) is 1.43. The first-order valence-corrected chi connectivity index (χ1v) is 6.13. The Labute approximate surface area is 79.0 Å². The quantitative estimate of drug-likeness (QED) is 0.726. The van der Waals surface area contributed by atoms with E-state index in [-0.39, 0.29) is 11.3 Å². The van der Waals surface area contributed by atoms with Gasteiger partial charge in [0.05, 0.1) is 0 Å². The van der Waals surface area contributed by atoms with Gasteiger partial charge >= 0.3 is 0 Å². The van der Waals surface area contributed by atoms with Crippen LogP contribution in [-0.2, 0) is 9.24 Å². The molecule has 0 aromatic carbocycles. The van der Waals surface area contributed by atoms with Gasteiger partial charge in [0.15, 0.2) is 0 Å². The molecule has 0 saturated heterocycles. The zero-order valence-electron chi connectivity index (χ0n) is 7.89. The van der Waals surface area contributed by atoms with Gasteiger partial charge in [0.25, 0.3) is 9.24 Å². The maximum atomic E-state index is 10.5. The van der Waals surface area contributed by atoms with Crippen molar-refractivity contribution in [3.63, 3.8) is 0 Å². The Morgan fingerprint density at radius 1 is 1.42 bits per heavy atom. The molecule has 12 heavy (non-hydrogen) atoms. The predicted molar refractivity (Wildman–Crippen MR) is 51.4 cm³/mol. The van der Waals surface area contributed by atoms with E-state index in [0.29, 0.717) is 6.54 Å². The Morgan fingerprint density at radius 2 is 1.83 bits per heavy atom. The van der Waals surface area contributed by atoms with Crippen LogP contribution in [0.3, 0.4) is 0 Å². The van der Waals surface area contributed by atoms with Gasteiger partial charge in [0, 0.05) is 17.2 Å². The normalized spacial score (nSPS) is 16.1. The number of hydrogen-bond donors (Lipinski definition) is 1. The second-order valence-corrected chi connectivity index (χ2v) is 6.44. The molecular weight excluding hydrogens is 198 g/mol. The molecule has 0 aliphatic carbocycles. The van der Waals surface area contributed by atoms with Crippen molar-refractivity contribution in [3.8, 4) is 0 Å². The first-order chi connectivity index (χ1) is 5.13. The van der Waals surface area contributed by atoms with Crippen LogP contribution in [0.1, 0.15) is 27.7 Å². The van der Waals surface area contributed by atoms with Crippen LogP contribution in [0.5, 0.6) is 0 Å². The van der Waals surface area contributed by atoms with Crippen molar-refractivity contribution in [1.82, 2.24) is 4.72 Å². The van der Waals surface area contributed by atoms with Crippen LogP contribution in [0.25, 0.3) is 0 Å². The van der Waals surface area contributed by atoms with Gasteiger partial charge in [-0.15, -0.1) is 0 Å². The highest BCUT2D eigenvalue weighted by Gasteiger charge is 2.20. The number of nitrogens with one attached hydrogen (secondary N) is 1. The summed E-state index contributed by atoms with van der Waals surface area (Å²) in [6.45, 7) is 8.53. The molecule has 0 saturated carbocycles. The van der Waals surface area contributed by atoms with Gasteiger partial charge in [-0.05, 0) is 11.3 Å². The van der Waals surface area contributed by atoms with Gasteiger partial charge in [-0.1, -0.05) is 27.7 Å². The van der Waals surface area contributed by atoms with E-state index in [0.717, 1.165) is 0 Å². The fraction of sp³-hybridized carbons (Fsp3) is 1.00.